The zero-order valence-electron chi connectivity index (χ0n) is 10.8. The number of hydrogen-bond donors (Lipinski definition) is 3. The number of urea groups is 1. The number of likely N-dealkylation sites (tertiary alicyclic amines) is 1. The number of carboxylic acids is 1. The number of aliphatic hydroxyl groups excluding tert-OH is 1. The molecule has 2 amide bonds. The van der Waals surface area contributed by atoms with Gasteiger partial charge < -0.3 is 20.4 Å². The van der Waals surface area contributed by atoms with Crippen molar-refractivity contribution in [1.82, 2.24) is 10.2 Å². The van der Waals surface area contributed by atoms with Crippen molar-refractivity contribution < 1.29 is 19.8 Å². The molecule has 1 fully saturated rings. The van der Waals surface area contributed by atoms with E-state index in [4.69, 9.17) is 10.2 Å². The molecule has 1 aliphatic heterocycles. The normalized spacial score (nSPS) is 20.8. The molecule has 1 rings (SSSR count). The van der Waals surface area contributed by atoms with Gasteiger partial charge in [-0.3, -0.25) is 0 Å². The van der Waals surface area contributed by atoms with E-state index in [1.54, 1.807) is 4.90 Å². The van der Waals surface area contributed by atoms with Gasteiger partial charge in [0.25, 0.3) is 0 Å². The van der Waals surface area contributed by atoms with E-state index in [0.717, 1.165) is 12.8 Å². The predicted molar refractivity (Wildman–Crippen MR) is 66.3 cm³/mol. The number of carbonyl (C=O) groups excluding carboxylic acids is 1. The molecule has 1 heterocycles. The van der Waals surface area contributed by atoms with Gasteiger partial charge in [-0.15, -0.1) is 0 Å². The average Bonchev–Trinajstić information content (AvgIpc) is 2.77. The predicted octanol–water partition coefficient (Wildman–Crippen LogP) is 0.796. The highest BCUT2D eigenvalue weighted by atomic mass is 16.4. The Morgan fingerprint density at radius 3 is 2.78 bits per heavy atom. The molecule has 6 nitrogen and oxygen atoms in total. The molecule has 104 valence electrons. The summed E-state index contributed by atoms with van der Waals surface area (Å²) in [4.78, 5) is 24.6. The highest BCUT2D eigenvalue weighted by Crippen LogP contribution is 2.19. The van der Waals surface area contributed by atoms with Crippen LogP contribution in [0.1, 0.15) is 39.0 Å². The minimum absolute atomic E-state index is 0.0334. The van der Waals surface area contributed by atoms with Crippen LogP contribution in [-0.4, -0.2) is 52.3 Å². The van der Waals surface area contributed by atoms with Crippen LogP contribution in [0.4, 0.5) is 4.79 Å². The van der Waals surface area contributed by atoms with Crippen LogP contribution in [0.2, 0.25) is 0 Å². The fraction of sp³-hybridized carbons (Fsp3) is 0.833. The lowest BCUT2D eigenvalue weighted by Crippen LogP contribution is -2.49. The zero-order chi connectivity index (χ0) is 13.5. The van der Waals surface area contributed by atoms with Crippen LogP contribution in [0.15, 0.2) is 0 Å². The first-order chi connectivity index (χ1) is 8.60. The van der Waals surface area contributed by atoms with Crippen LogP contribution < -0.4 is 5.32 Å². The molecule has 0 aliphatic carbocycles. The van der Waals surface area contributed by atoms with Gasteiger partial charge in [-0.2, -0.15) is 0 Å². The first kappa shape index (κ1) is 14.8. The highest BCUT2D eigenvalue weighted by molar-refractivity contribution is 5.82. The molecule has 2 atom stereocenters. The van der Waals surface area contributed by atoms with Crippen molar-refractivity contribution in [3.8, 4) is 0 Å². The second-order valence-corrected chi connectivity index (χ2v) is 4.63. The van der Waals surface area contributed by atoms with E-state index in [1.165, 1.54) is 0 Å². The Labute approximate surface area is 107 Å². The van der Waals surface area contributed by atoms with Crippen molar-refractivity contribution in [2.75, 3.05) is 13.2 Å². The molecule has 0 aromatic heterocycles. The summed E-state index contributed by atoms with van der Waals surface area (Å²) in [6.45, 7) is 2.56. The van der Waals surface area contributed by atoms with Gasteiger partial charge in [-0.05, 0) is 25.7 Å². The molecule has 0 spiro atoms. The Kier molecular flexibility index (Phi) is 5.91. The summed E-state index contributed by atoms with van der Waals surface area (Å²) in [5, 5.41) is 20.5. The summed E-state index contributed by atoms with van der Waals surface area (Å²) < 4.78 is 0. The van der Waals surface area contributed by atoms with E-state index in [1.807, 2.05) is 6.92 Å². The third-order valence-corrected chi connectivity index (χ3v) is 3.27. The largest absolute Gasteiger partial charge is 0.480 e. The van der Waals surface area contributed by atoms with Crippen molar-refractivity contribution in [3.63, 3.8) is 0 Å². The van der Waals surface area contributed by atoms with Crippen LogP contribution >= 0.6 is 0 Å². The number of carbonyl (C=O) groups is 2. The van der Waals surface area contributed by atoms with E-state index in [2.05, 4.69) is 5.32 Å². The summed E-state index contributed by atoms with van der Waals surface area (Å²) in [7, 11) is 0. The number of aliphatic carboxylic acids is 1. The number of aliphatic hydroxyl groups is 1. The maximum atomic E-state index is 12.0. The molecule has 18 heavy (non-hydrogen) atoms. The van der Waals surface area contributed by atoms with Crippen LogP contribution in [-0.2, 0) is 4.79 Å². The molecule has 0 aromatic carbocycles. The van der Waals surface area contributed by atoms with Gasteiger partial charge in [0.1, 0.15) is 6.04 Å². The number of rotatable bonds is 6. The summed E-state index contributed by atoms with van der Waals surface area (Å²) in [6, 6.07) is -1.12. The third-order valence-electron chi connectivity index (χ3n) is 3.27. The topological polar surface area (TPSA) is 89.9 Å². The first-order valence-corrected chi connectivity index (χ1v) is 6.51. The van der Waals surface area contributed by atoms with E-state index in [-0.39, 0.29) is 18.7 Å². The molecule has 1 aliphatic rings. The van der Waals surface area contributed by atoms with Gasteiger partial charge in [0.05, 0.1) is 0 Å². The SMILES string of the molecule is CCC[C@H](NC(=O)N1CCCC1CCO)C(=O)O. The van der Waals surface area contributed by atoms with Crippen LogP contribution in [0.5, 0.6) is 0 Å². The summed E-state index contributed by atoms with van der Waals surface area (Å²) in [5.74, 6) is -0.997. The molecule has 3 N–H and O–H groups in total. The quantitative estimate of drug-likeness (QED) is 0.657. The maximum Gasteiger partial charge on any atom is 0.326 e. The Hall–Kier alpha value is -1.30. The fourth-order valence-electron chi connectivity index (χ4n) is 2.33. The zero-order valence-corrected chi connectivity index (χ0v) is 10.8. The standard InChI is InChI=1S/C12H22N2O4/c1-2-4-10(11(16)17)13-12(18)14-7-3-5-9(14)6-8-15/h9-10,15H,2-8H2,1H3,(H,13,18)(H,16,17)/t9?,10-/m0/s1. The number of amides is 2. The van der Waals surface area contributed by atoms with Gasteiger partial charge in [0.2, 0.25) is 0 Å². The monoisotopic (exact) mass is 258 g/mol. The average molecular weight is 258 g/mol. The smallest absolute Gasteiger partial charge is 0.326 e. The van der Waals surface area contributed by atoms with Gasteiger partial charge in [0, 0.05) is 19.2 Å². The van der Waals surface area contributed by atoms with Crippen molar-refractivity contribution in [2.24, 2.45) is 0 Å². The van der Waals surface area contributed by atoms with E-state index in [9.17, 15) is 9.59 Å². The molecule has 0 saturated carbocycles. The van der Waals surface area contributed by atoms with E-state index >= 15 is 0 Å². The molecule has 1 unspecified atom stereocenters. The Morgan fingerprint density at radius 1 is 1.50 bits per heavy atom. The number of carboxylic acid groups (broad SMARTS) is 1. The van der Waals surface area contributed by atoms with Crippen molar-refractivity contribution >= 4 is 12.0 Å². The minimum Gasteiger partial charge on any atom is -0.480 e. The van der Waals surface area contributed by atoms with Gasteiger partial charge >= 0.3 is 12.0 Å². The maximum absolute atomic E-state index is 12.0. The minimum atomic E-state index is -0.997. The highest BCUT2D eigenvalue weighted by Gasteiger charge is 2.30. The fourth-order valence-corrected chi connectivity index (χ4v) is 2.33. The molecule has 1 saturated heterocycles. The second kappa shape index (κ2) is 7.20. The van der Waals surface area contributed by atoms with E-state index < -0.39 is 12.0 Å². The second-order valence-electron chi connectivity index (χ2n) is 4.63. The molecular weight excluding hydrogens is 236 g/mol. The van der Waals surface area contributed by atoms with Gasteiger partial charge in [-0.1, -0.05) is 13.3 Å². The van der Waals surface area contributed by atoms with Crippen LogP contribution in [0.25, 0.3) is 0 Å². The molecular formula is C12H22N2O4. The molecule has 0 bridgehead atoms. The lowest BCUT2D eigenvalue weighted by Gasteiger charge is -2.26. The Bertz CT molecular complexity index is 296. The van der Waals surface area contributed by atoms with Gasteiger partial charge in [-0.25, -0.2) is 9.59 Å². The van der Waals surface area contributed by atoms with Crippen LogP contribution in [0.3, 0.4) is 0 Å². The summed E-state index contributed by atoms with van der Waals surface area (Å²) in [5.41, 5.74) is 0. The van der Waals surface area contributed by atoms with E-state index in [0.29, 0.717) is 25.8 Å². The summed E-state index contributed by atoms with van der Waals surface area (Å²) >= 11 is 0. The van der Waals surface area contributed by atoms with Crippen molar-refractivity contribution in [1.29, 1.82) is 0 Å². The first-order valence-electron chi connectivity index (χ1n) is 6.51. The number of nitrogens with zero attached hydrogens (tertiary/aromatic N) is 1. The van der Waals surface area contributed by atoms with Crippen LogP contribution in [0, 0.1) is 0 Å². The molecule has 0 radical (unpaired) electrons. The van der Waals surface area contributed by atoms with Gasteiger partial charge in [0.15, 0.2) is 0 Å². The lowest BCUT2D eigenvalue weighted by atomic mass is 10.1. The summed E-state index contributed by atoms with van der Waals surface area (Å²) in [6.07, 6.45) is 3.47. The number of hydrogen-bond acceptors (Lipinski definition) is 3. The number of nitrogens with one attached hydrogen (secondary N) is 1. The third kappa shape index (κ3) is 3.87. The molecule has 0 aromatic rings. The van der Waals surface area contributed by atoms with Crippen molar-refractivity contribution in [2.45, 2.75) is 51.1 Å². The Morgan fingerprint density at radius 2 is 2.22 bits per heavy atom. The lowest BCUT2D eigenvalue weighted by molar-refractivity contribution is -0.139. The Balaban J connectivity index is 2.54. The van der Waals surface area contributed by atoms with Crippen molar-refractivity contribution in [3.05, 3.63) is 0 Å². The molecule has 6 heteroatoms.